The molecule has 0 aromatic carbocycles. The second-order valence-electron chi connectivity index (χ2n) is 8.43. The van der Waals surface area contributed by atoms with Crippen molar-refractivity contribution in [3.63, 3.8) is 0 Å². The van der Waals surface area contributed by atoms with E-state index in [1.165, 1.54) is 11.8 Å². The van der Waals surface area contributed by atoms with Crippen molar-refractivity contribution >= 4 is 28.7 Å². The molecule has 1 amide bonds. The van der Waals surface area contributed by atoms with Gasteiger partial charge in [0.05, 0.1) is 17.8 Å². The van der Waals surface area contributed by atoms with E-state index in [2.05, 4.69) is 29.2 Å². The van der Waals surface area contributed by atoms with Crippen LogP contribution in [0, 0.1) is 0 Å². The third-order valence-corrected chi connectivity index (χ3v) is 6.39. The maximum absolute atomic E-state index is 13.1. The molecule has 1 unspecified atom stereocenters. The maximum atomic E-state index is 13.1. The lowest BCUT2D eigenvalue weighted by Gasteiger charge is -2.20. The van der Waals surface area contributed by atoms with Gasteiger partial charge in [-0.15, -0.1) is 0 Å². The number of hydrogen-bond donors (Lipinski definition) is 1. The molecule has 0 fully saturated rings. The zero-order valence-corrected chi connectivity index (χ0v) is 18.9. The minimum atomic E-state index is -0.256. The summed E-state index contributed by atoms with van der Waals surface area (Å²) in [5.74, 6) is 0.672. The zero-order chi connectivity index (χ0) is 21.2. The quantitative estimate of drug-likeness (QED) is 0.521. The molecule has 9 heteroatoms. The molecule has 3 heterocycles. The van der Waals surface area contributed by atoms with Crippen molar-refractivity contribution in [2.75, 3.05) is 31.9 Å². The molecule has 1 aliphatic heterocycles. The van der Waals surface area contributed by atoms with E-state index in [1.54, 1.807) is 15.4 Å². The lowest BCUT2D eigenvalue weighted by Crippen LogP contribution is -2.33. The number of carbonyl (C=O) groups excluding carboxylic acids is 1. The third kappa shape index (κ3) is 4.66. The highest BCUT2D eigenvalue weighted by atomic mass is 32.2. The highest BCUT2D eigenvalue weighted by Gasteiger charge is 2.30. The summed E-state index contributed by atoms with van der Waals surface area (Å²) < 4.78 is 3.47. The number of amides is 1. The molecule has 0 radical (unpaired) electrons. The largest absolute Gasteiger partial charge is 0.356 e. The number of thioether (sulfide) groups is 1. The van der Waals surface area contributed by atoms with Gasteiger partial charge < -0.3 is 10.2 Å². The summed E-state index contributed by atoms with van der Waals surface area (Å²) in [6, 6.07) is -0.167. The fourth-order valence-electron chi connectivity index (χ4n) is 3.63. The van der Waals surface area contributed by atoms with E-state index in [4.69, 9.17) is 4.98 Å². The van der Waals surface area contributed by atoms with Crippen molar-refractivity contribution in [3.8, 4) is 0 Å². The molecule has 1 atom stereocenters. The Kier molecular flexibility index (Phi) is 6.68. The van der Waals surface area contributed by atoms with Gasteiger partial charge in [0, 0.05) is 18.7 Å². The first-order valence-electron chi connectivity index (χ1n) is 10.4. The Labute approximate surface area is 176 Å². The standard InChI is InChI=1S/C20H32N6O2S/c1-6-24(7-2)10-8-9-21-16(27)11-14-13-29-19-23-17-15(18(28)25(14)19)12-22-26(17)20(3,4)5/h12,14H,6-11,13H2,1-5H3,(H,21,27). The summed E-state index contributed by atoms with van der Waals surface area (Å²) in [7, 11) is 0. The molecule has 2 aromatic heterocycles. The molecule has 1 N–H and O–H groups in total. The molecule has 2 aromatic rings. The van der Waals surface area contributed by atoms with Gasteiger partial charge in [-0.1, -0.05) is 25.6 Å². The molecule has 0 saturated heterocycles. The highest BCUT2D eigenvalue weighted by Crippen LogP contribution is 2.33. The van der Waals surface area contributed by atoms with Gasteiger partial charge in [0.15, 0.2) is 10.8 Å². The molecule has 1 aliphatic rings. The third-order valence-electron chi connectivity index (χ3n) is 5.29. The van der Waals surface area contributed by atoms with Gasteiger partial charge >= 0.3 is 0 Å². The van der Waals surface area contributed by atoms with Crippen molar-refractivity contribution in [1.29, 1.82) is 0 Å². The van der Waals surface area contributed by atoms with Crippen LogP contribution in [0.5, 0.6) is 0 Å². The van der Waals surface area contributed by atoms with Crippen LogP contribution in [-0.2, 0) is 10.3 Å². The van der Waals surface area contributed by atoms with E-state index in [1.807, 2.05) is 20.8 Å². The summed E-state index contributed by atoms with van der Waals surface area (Å²) in [6.45, 7) is 14.1. The molecule has 29 heavy (non-hydrogen) atoms. The average Bonchev–Trinajstić information content (AvgIpc) is 3.27. The SMILES string of the molecule is CCN(CC)CCCNC(=O)CC1CSc2nc3c(cnn3C(C)(C)C)c(=O)n21. The Morgan fingerprint density at radius 2 is 2.07 bits per heavy atom. The van der Waals surface area contributed by atoms with E-state index < -0.39 is 0 Å². The van der Waals surface area contributed by atoms with E-state index in [0.717, 1.165) is 26.1 Å². The Morgan fingerprint density at radius 1 is 1.34 bits per heavy atom. The topological polar surface area (TPSA) is 85.1 Å². The van der Waals surface area contributed by atoms with Gasteiger partial charge in [-0.05, 0) is 46.8 Å². The Hall–Kier alpha value is -1.87. The lowest BCUT2D eigenvalue weighted by atomic mass is 10.1. The summed E-state index contributed by atoms with van der Waals surface area (Å²) in [6.07, 6.45) is 2.82. The molecule has 8 nitrogen and oxygen atoms in total. The van der Waals surface area contributed by atoms with Crippen molar-refractivity contribution in [2.45, 2.75) is 64.2 Å². The number of fused-ring (bicyclic) bond motifs is 2. The van der Waals surface area contributed by atoms with Gasteiger partial charge in [0.1, 0.15) is 5.39 Å². The van der Waals surface area contributed by atoms with E-state index >= 15 is 0 Å². The minimum Gasteiger partial charge on any atom is -0.356 e. The van der Waals surface area contributed by atoms with Crippen LogP contribution in [0.2, 0.25) is 0 Å². The van der Waals surface area contributed by atoms with Crippen LogP contribution >= 0.6 is 11.8 Å². The summed E-state index contributed by atoms with van der Waals surface area (Å²) in [5.41, 5.74) is 0.251. The second-order valence-corrected chi connectivity index (χ2v) is 9.42. The van der Waals surface area contributed by atoms with Gasteiger partial charge in [-0.3, -0.25) is 14.2 Å². The summed E-state index contributed by atoms with van der Waals surface area (Å²) in [4.78, 5) is 32.5. The van der Waals surface area contributed by atoms with Crippen LogP contribution < -0.4 is 10.9 Å². The number of carbonyl (C=O) groups is 1. The van der Waals surface area contributed by atoms with E-state index in [0.29, 0.717) is 34.9 Å². The first-order chi connectivity index (χ1) is 13.8. The molecule has 0 aliphatic carbocycles. The molecule has 3 rings (SSSR count). The van der Waals surface area contributed by atoms with Crippen LogP contribution in [0.25, 0.3) is 11.0 Å². The minimum absolute atomic E-state index is 0.0135. The smallest absolute Gasteiger partial charge is 0.265 e. The van der Waals surface area contributed by atoms with Crippen molar-refractivity contribution in [3.05, 3.63) is 16.6 Å². The predicted octanol–water partition coefficient (Wildman–Crippen LogP) is 2.23. The lowest BCUT2D eigenvalue weighted by molar-refractivity contribution is -0.121. The normalized spacial score (nSPS) is 16.6. The zero-order valence-electron chi connectivity index (χ0n) is 18.1. The maximum Gasteiger partial charge on any atom is 0.265 e. The fourth-order valence-corrected chi connectivity index (χ4v) is 4.76. The van der Waals surface area contributed by atoms with E-state index in [9.17, 15) is 9.59 Å². The Balaban J connectivity index is 1.68. The Morgan fingerprint density at radius 3 is 2.72 bits per heavy atom. The number of nitrogens with zero attached hydrogens (tertiary/aromatic N) is 5. The molecule has 0 spiro atoms. The fraction of sp³-hybridized carbons (Fsp3) is 0.700. The number of rotatable bonds is 8. The van der Waals surface area contributed by atoms with Crippen molar-refractivity contribution in [2.24, 2.45) is 0 Å². The first-order valence-corrected chi connectivity index (χ1v) is 11.4. The van der Waals surface area contributed by atoms with E-state index in [-0.39, 0.29) is 23.0 Å². The summed E-state index contributed by atoms with van der Waals surface area (Å²) >= 11 is 1.53. The summed E-state index contributed by atoms with van der Waals surface area (Å²) in [5, 5.41) is 8.56. The Bertz CT molecular complexity index is 925. The molecule has 0 bridgehead atoms. The van der Waals surface area contributed by atoms with Crippen LogP contribution in [0.4, 0.5) is 0 Å². The van der Waals surface area contributed by atoms with Crippen LogP contribution in [0.1, 0.15) is 53.5 Å². The van der Waals surface area contributed by atoms with Crippen molar-refractivity contribution < 1.29 is 4.79 Å². The molecule has 160 valence electrons. The highest BCUT2D eigenvalue weighted by molar-refractivity contribution is 7.99. The first kappa shape index (κ1) is 21.8. The van der Waals surface area contributed by atoms with Crippen LogP contribution in [0.3, 0.4) is 0 Å². The van der Waals surface area contributed by atoms with Gasteiger partial charge in [0.25, 0.3) is 5.56 Å². The number of hydrogen-bond acceptors (Lipinski definition) is 6. The van der Waals surface area contributed by atoms with Gasteiger partial charge in [0.2, 0.25) is 5.91 Å². The number of nitrogens with one attached hydrogen (secondary N) is 1. The molecular formula is C20H32N6O2S. The molecular weight excluding hydrogens is 388 g/mol. The van der Waals surface area contributed by atoms with Crippen molar-refractivity contribution in [1.82, 2.24) is 29.5 Å². The monoisotopic (exact) mass is 420 g/mol. The van der Waals surface area contributed by atoms with Crippen LogP contribution in [-0.4, -0.2) is 62.1 Å². The molecule has 0 saturated carbocycles. The number of aromatic nitrogens is 4. The van der Waals surface area contributed by atoms with Gasteiger partial charge in [-0.25, -0.2) is 9.67 Å². The second kappa shape index (κ2) is 8.87. The van der Waals surface area contributed by atoms with Gasteiger partial charge in [-0.2, -0.15) is 5.10 Å². The predicted molar refractivity (Wildman–Crippen MR) is 117 cm³/mol. The van der Waals surface area contributed by atoms with Crippen LogP contribution in [0.15, 0.2) is 16.1 Å². The average molecular weight is 421 g/mol.